The molecule has 1 aliphatic carbocycles. The monoisotopic (exact) mass is 423 g/mol. The van der Waals surface area contributed by atoms with E-state index in [0.29, 0.717) is 24.5 Å². The summed E-state index contributed by atoms with van der Waals surface area (Å²) in [7, 11) is 0. The van der Waals surface area contributed by atoms with E-state index in [2.05, 4.69) is 11.6 Å². The van der Waals surface area contributed by atoms with E-state index in [4.69, 9.17) is 14.2 Å². The molecule has 164 valence electrons. The van der Waals surface area contributed by atoms with Crippen LogP contribution in [0.2, 0.25) is 0 Å². The van der Waals surface area contributed by atoms with Gasteiger partial charge in [-0.2, -0.15) is 0 Å². The van der Waals surface area contributed by atoms with E-state index in [0.717, 1.165) is 55.9 Å². The van der Waals surface area contributed by atoms with Crippen LogP contribution in [0.4, 0.5) is 0 Å². The maximum atomic E-state index is 12.3. The molecule has 1 aromatic carbocycles. The molecule has 0 spiro atoms. The Kier molecular flexibility index (Phi) is 8.64. The fraction of sp³-hybridized carbons (Fsp3) is 0.400. The van der Waals surface area contributed by atoms with Crippen molar-refractivity contribution in [1.82, 2.24) is 4.98 Å². The average molecular weight is 424 g/mol. The average Bonchev–Trinajstić information content (AvgIpc) is 2.82. The molecule has 1 fully saturated rings. The number of pyridine rings is 1. The summed E-state index contributed by atoms with van der Waals surface area (Å²) in [6.45, 7) is 4.23. The van der Waals surface area contributed by atoms with Crippen molar-refractivity contribution < 1.29 is 23.8 Å². The largest absolute Gasteiger partial charge is 0.492 e. The first kappa shape index (κ1) is 22.5. The first-order chi connectivity index (χ1) is 15.2. The molecule has 0 unspecified atom stereocenters. The molecule has 6 nitrogen and oxygen atoms in total. The third kappa shape index (κ3) is 7.24. The quantitative estimate of drug-likeness (QED) is 0.300. The number of nitrogens with zero attached hydrogens (tertiary/aromatic N) is 1. The van der Waals surface area contributed by atoms with Crippen LogP contribution in [0.1, 0.15) is 55.3 Å². The number of hydrogen-bond donors (Lipinski definition) is 0. The van der Waals surface area contributed by atoms with Gasteiger partial charge in [-0.1, -0.05) is 25.1 Å². The highest BCUT2D eigenvalue weighted by molar-refractivity contribution is 5.90. The van der Waals surface area contributed by atoms with Crippen LogP contribution >= 0.6 is 0 Å². The first-order valence-corrected chi connectivity index (χ1v) is 10.8. The summed E-state index contributed by atoms with van der Waals surface area (Å²) in [4.78, 5) is 27.7. The molecule has 0 aliphatic heterocycles. The fourth-order valence-electron chi connectivity index (χ4n) is 3.44. The molecule has 1 aromatic heterocycles. The van der Waals surface area contributed by atoms with Crippen LogP contribution in [0.3, 0.4) is 0 Å². The van der Waals surface area contributed by atoms with Crippen LogP contribution in [0.5, 0.6) is 5.75 Å². The first-order valence-electron chi connectivity index (χ1n) is 10.8. The van der Waals surface area contributed by atoms with Gasteiger partial charge in [0.25, 0.3) is 0 Å². The highest BCUT2D eigenvalue weighted by Gasteiger charge is 2.18. The third-order valence-corrected chi connectivity index (χ3v) is 5.20. The van der Waals surface area contributed by atoms with Crippen molar-refractivity contribution in [3.05, 3.63) is 60.8 Å². The molecule has 0 saturated heterocycles. The highest BCUT2D eigenvalue weighted by atomic mass is 16.5. The van der Waals surface area contributed by atoms with Crippen LogP contribution < -0.4 is 4.74 Å². The number of carbonyl (C=O) groups is 2. The number of hydrogen-bond acceptors (Lipinski definition) is 6. The Morgan fingerprint density at radius 1 is 1.00 bits per heavy atom. The van der Waals surface area contributed by atoms with E-state index in [9.17, 15) is 9.59 Å². The van der Waals surface area contributed by atoms with E-state index >= 15 is 0 Å². The van der Waals surface area contributed by atoms with Crippen molar-refractivity contribution in [2.45, 2.75) is 51.0 Å². The number of aromatic nitrogens is 1. The van der Waals surface area contributed by atoms with E-state index in [1.807, 2.05) is 24.3 Å². The summed E-state index contributed by atoms with van der Waals surface area (Å²) in [5.74, 6) is 0.0174. The lowest BCUT2D eigenvalue weighted by molar-refractivity contribution is -0.137. The van der Waals surface area contributed by atoms with Gasteiger partial charge in [-0.25, -0.2) is 9.59 Å². The van der Waals surface area contributed by atoms with Crippen molar-refractivity contribution in [3.63, 3.8) is 0 Å². The Labute approximate surface area is 183 Å². The fourth-order valence-corrected chi connectivity index (χ4v) is 3.44. The minimum Gasteiger partial charge on any atom is -0.492 e. The van der Waals surface area contributed by atoms with E-state index < -0.39 is 5.97 Å². The standard InChI is InChI=1S/C25H29NO5/c1-2-24(27)30-17-7-6-16-29-22-14-15-23(26-18-22)19-10-12-20(13-11-19)25(28)31-21-8-4-3-5-9-21/h2,10-15,18,21H,1,3-9,16-17H2. The second-order valence-electron chi connectivity index (χ2n) is 7.55. The van der Waals surface area contributed by atoms with Gasteiger partial charge in [0.2, 0.25) is 0 Å². The van der Waals surface area contributed by atoms with Crippen LogP contribution in [0.25, 0.3) is 11.3 Å². The van der Waals surface area contributed by atoms with Gasteiger partial charge in [-0.05, 0) is 62.8 Å². The molecule has 2 aromatic rings. The zero-order chi connectivity index (χ0) is 21.9. The number of esters is 2. The molecule has 1 aliphatic rings. The van der Waals surface area contributed by atoms with Crippen molar-refractivity contribution in [1.29, 1.82) is 0 Å². The number of unbranched alkanes of at least 4 members (excludes halogenated alkanes) is 1. The van der Waals surface area contributed by atoms with Gasteiger partial charge in [-0.15, -0.1) is 0 Å². The molecular weight excluding hydrogens is 394 g/mol. The van der Waals surface area contributed by atoms with Crippen LogP contribution in [0.15, 0.2) is 55.3 Å². The number of carbonyl (C=O) groups excluding carboxylic acids is 2. The molecule has 31 heavy (non-hydrogen) atoms. The Morgan fingerprint density at radius 3 is 2.42 bits per heavy atom. The molecule has 0 N–H and O–H groups in total. The zero-order valence-corrected chi connectivity index (χ0v) is 17.8. The predicted octanol–water partition coefficient (Wildman–Crippen LogP) is 5.13. The maximum Gasteiger partial charge on any atom is 0.338 e. The summed E-state index contributed by atoms with van der Waals surface area (Å²) in [5.41, 5.74) is 2.29. The summed E-state index contributed by atoms with van der Waals surface area (Å²) in [6, 6.07) is 11.1. The Hall–Kier alpha value is -3.15. The Balaban J connectivity index is 1.44. The number of rotatable bonds is 10. The van der Waals surface area contributed by atoms with Crippen molar-refractivity contribution in [2.24, 2.45) is 0 Å². The second-order valence-corrected chi connectivity index (χ2v) is 7.55. The highest BCUT2D eigenvalue weighted by Crippen LogP contribution is 2.23. The number of benzene rings is 1. The summed E-state index contributed by atoms with van der Waals surface area (Å²) < 4.78 is 16.2. The van der Waals surface area contributed by atoms with E-state index in [1.54, 1.807) is 18.3 Å². The molecule has 0 amide bonds. The summed E-state index contributed by atoms with van der Waals surface area (Å²) in [6.07, 6.45) is 9.80. The van der Waals surface area contributed by atoms with Crippen LogP contribution in [-0.2, 0) is 14.3 Å². The van der Waals surface area contributed by atoms with Crippen LogP contribution in [0, 0.1) is 0 Å². The summed E-state index contributed by atoms with van der Waals surface area (Å²) >= 11 is 0. The summed E-state index contributed by atoms with van der Waals surface area (Å²) in [5, 5.41) is 0. The molecule has 6 heteroatoms. The van der Waals surface area contributed by atoms with Gasteiger partial charge >= 0.3 is 11.9 Å². The minimum atomic E-state index is -0.408. The van der Waals surface area contributed by atoms with E-state index in [1.165, 1.54) is 6.42 Å². The minimum absolute atomic E-state index is 0.0531. The zero-order valence-electron chi connectivity index (χ0n) is 17.8. The second kappa shape index (κ2) is 11.9. The lowest BCUT2D eigenvalue weighted by atomic mass is 9.98. The van der Waals surface area contributed by atoms with Crippen molar-refractivity contribution in [2.75, 3.05) is 13.2 Å². The van der Waals surface area contributed by atoms with Gasteiger partial charge in [0.15, 0.2) is 0 Å². The van der Waals surface area contributed by atoms with Gasteiger partial charge in [0.05, 0.1) is 30.7 Å². The molecule has 3 rings (SSSR count). The van der Waals surface area contributed by atoms with Gasteiger partial charge in [-0.3, -0.25) is 4.98 Å². The lowest BCUT2D eigenvalue weighted by Gasteiger charge is -2.21. The smallest absolute Gasteiger partial charge is 0.338 e. The molecule has 1 saturated carbocycles. The van der Waals surface area contributed by atoms with Crippen LogP contribution in [-0.4, -0.2) is 36.2 Å². The van der Waals surface area contributed by atoms with Crippen molar-refractivity contribution in [3.8, 4) is 17.0 Å². The molecular formula is C25H29NO5. The molecule has 0 atom stereocenters. The SMILES string of the molecule is C=CC(=O)OCCCCOc1ccc(-c2ccc(C(=O)OC3CCCCC3)cc2)nc1. The Bertz CT molecular complexity index is 854. The maximum absolute atomic E-state index is 12.3. The van der Waals surface area contributed by atoms with Crippen molar-refractivity contribution >= 4 is 11.9 Å². The normalized spacial score (nSPS) is 13.9. The molecule has 1 heterocycles. The van der Waals surface area contributed by atoms with E-state index in [-0.39, 0.29) is 12.1 Å². The topological polar surface area (TPSA) is 74.7 Å². The molecule has 0 radical (unpaired) electrons. The van der Waals surface area contributed by atoms with Gasteiger partial charge < -0.3 is 14.2 Å². The number of ether oxygens (including phenoxy) is 3. The van der Waals surface area contributed by atoms with Gasteiger partial charge in [0, 0.05) is 11.6 Å². The molecule has 0 bridgehead atoms. The Morgan fingerprint density at radius 2 is 1.74 bits per heavy atom. The third-order valence-electron chi connectivity index (χ3n) is 5.20. The van der Waals surface area contributed by atoms with Gasteiger partial charge in [0.1, 0.15) is 11.9 Å². The lowest BCUT2D eigenvalue weighted by Crippen LogP contribution is -2.20. The predicted molar refractivity (Wildman–Crippen MR) is 118 cm³/mol.